The van der Waals surface area contributed by atoms with Crippen LogP contribution < -0.4 is 10.6 Å². The van der Waals surface area contributed by atoms with Gasteiger partial charge in [-0.15, -0.1) is 0 Å². The maximum absolute atomic E-state index is 5.16. The van der Waals surface area contributed by atoms with Gasteiger partial charge in [0.05, 0.1) is 5.69 Å². The van der Waals surface area contributed by atoms with Crippen LogP contribution >= 0.6 is 12.2 Å². The lowest BCUT2D eigenvalue weighted by Crippen LogP contribution is -2.36. The molecule has 0 spiro atoms. The third kappa shape index (κ3) is 6.26. The Morgan fingerprint density at radius 3 is 2.65 bits per heavy atom. The first-order valence-electron chi connectivity index (χ1n) is 6.24. The number of aryl methyl sites for hydroxylation is 2. The summed E-state index contributed by atoms with van der Waals surface area (Å²) in [5.41, 5.74) is 1.06. The standard InChI is InChI=1S/C12H22N4S/c1-3-4-7-13-12(17)14-8-5-9-16-10-6-11(2)15-16/h6,10H,3-5,7-9H2,1-2H3,(H2,13,14,17). The average molecular weight is 254 g/mol. The Kier molecular flexibility index (Phi) is 6.62. The van der Waals surface area contributed by atoms with Crippen LogP contribution in [-0.4, -0.2) is 28.0 Å². The van der Waals surface area contributed by atoms with Crippen molar-refractivity contribution in [3.05, 3.63) is 18.0 Å². The van der Waals surface area contributed by atoms with E-state index in [-0.39, 0.29) is 0 Å². The number of aromatic nitrogens is 2. The second kappa shape index (κ2) is 8.06. The van der Waals surface area contributed by atoms with Gasteiger partial charge >= 0.3 is 0 Å². The molecule has 0 aliphatic rings. The molecular formula is C12H22N4S. The molecule has 1 aromatic heterocycles. The van der Waals surface area contributed by atoms with Crippen molar-refractivity contribution in [3.63, 3.8) is 0 Å². The number of rotatable bonds is 7. The van der Waals surface area contributed by atoms with Gasteiger partial charge in [0.25, 0.3) is 0 Å². The van der Waals surface area contributed by atoms with Crippen molar-refractivity contribution >= 4 is 17.3 Å². The predicted molar refractivity (Wildman–Crippen MR) is 75.1 cm³/mol. The summed E-state index contributed by atoms with van der Waals surface area (Å²) in [4.78, 5) is 0. The highest BCUT2D eigenvalue weighted by atomic mass is 32.1. The molecule has 0 radical (unpaired) electrons. The van der Waals surface area contributed by atoms with Crippen molar-refractivity contribution < 1.29 is 0 Å². The Bertz CT molecular complexity index is 335. The maximum atomic E-state index is 5.16. The topological polar surface area (TPSA) is 41.9 Å². The molecule has 0 atom stereocenters. The molecule has 1 heterocycles. The van der Waals surface area contributed by atoms with E-state index < -0.39 is 0 Å². The molecule has 96 valence electrons. The molecule has 0 amide bonds. The predicted octanol–water partition coefficient (Wildman–Crippen LogP) is 1.85. The van der Waals surface area contributed by atoms with Crippen LogP contribution in [0.25, 0.3) is 0 Å². The van der Waals surface area contributed by atoms with Gasteiger partial charge < -0.3 is 10.6 Å². The molecule has 0 aliphatic carbocycles. The number of nitrogens with one attached hydrogen (secondary N) is 2. The first-order chi connectivity index (χ1) is 8.22. The molecule has 0 aromatic carbocycles. The largest absolute Gasteiger partial charge is 0.363 e. The van der Waals surface area contributed by atoms with Crippen molar-refractivity contribution in [2.24, 2.45) is 0 Å². The van der Waals surface area contributed by atoms with Crippen molar-refractivity contribution in [2.75, 3.05) is 13.1 Å². The van der Waals surface area contributed by atoms with Crippen molar-refractivity contribution in [2.45, 2.75) is 39.7 Å². The minimum Gasteiger partial charge on any atom is -0.363 e. The highest BCUT2D eigenvalue weighted by Crippen LogP contribution is 1.93. The van der Waals surface area contributed by atoms with E-state index in [4.69, 9.17) is 12.2 Å². The van der Waals surface area contributed by atoms with Gasteiger partial charge in [-0.2, -0.15) is 5.10 Å². The van der Waals surface area contributed by atoms with Crippen molar-refractivity contribution in [1.29, 1.82) is 0 Å². The molecular weight excluding hydrogens is 232 g/mol. The maximum Gasteiger partial charge on any atom is 0.166 e. The average Bonchev–Trinajstić information content (AvgIpc) is 2.71. The number of unbranched alkanes of at least 4 members (excludes halogenated alkanes) is 1. The van der Waals surface area contributed by atoms with Crippen LogP contribution in [0.2, 0.25) is 0 Å². The molecule has 1 rings (SSSR count). The quantitative estimate of drug-likeness (QED) is 0.575. The van der Waals surface area contributed by atoms with E-state index in [1.807, 2.05) is 23.9 Å². The third-order valence-electron chi connectivity index (χ3n) is 2.44. The summed E-state index contributed by atoms with van der Waals surface area (Å²) in [5, 5.41) is 11.5. The third-order valence-corrected chi connectivity index (χ3v) is 2.73. The number of hydrogen-bond acceptors (Lipinski definition) is 2. The summed E-state index contributed by atoms with van der Waals surface area (Å²) >= 11 is 5.16. The van der Waals surface area contributed by atoms with Crippen LogP contribution in [-0.2, 0) is 6.54 Å². The summed E-state index contributed by atoms with van der Waals surface area (Å²) in [6, 6.07) is 2.02. The normalized spacial score (nSPS) is 10.2. The molecule has 0 aliphatic heterocycles. The molecule has 2 N–H and O–H groups in total. The molecule has 0 unspecified atom stereocenters. The summed E-state index contributed by atoms with van der Waals surface area (Å²) in [7, 11) is 0. The lowest BCUT2D eigenvalue weighted by atomic mass is 10.3. The zero-order valence-corrected chi connectivity index (χ0v) is 11.5. The summed E-state index contributed by atoms with van der Waals surface area (Å²) in [5.74, 6) is 0. The molecule has 1 aromatic rings. The van der Waals surface area contributed by atoms with Crippen LogP contribution in [0.3, 0.4) is 0 Å². The van der Waals surface area contributed by atoms with Crippen LogP contribution in [0.15, 0.2) is 12.3 Å². The van der Waals surface area contributed by atoms with E-state index in [2.05, 4.69) is 22.7 Å². The van der Waals surface area contributed by atoms with Crippen LogP contribution in [0.1, 0.15) is 31.9 Å². The van der Waals surface area contributed by atoms with Crippen molar-refractivity contribution in [3.8, 4) is 0 Å². The van der Waals surface area contributed by atoms with Gasteiger partial charge in [0.1, 0.15) is 0 Å². The van der Waals surface area contributed by atoms with Gasteiger partial charge in [-0.3, -0.25) is 4.68 Å². The zero-order chi connectivity index (χ0) is 12.5. The van der Waals surface area contributed by atoms with Crippen molar-refractivity contribution in [1.82, 2.24) is 20.4 Å². The lowest BCUT2D eigenvalue weighted by Gasteiger charge is -2.09. The first kappa shape index (κ1) is 14.0. The fourth-order valence-electron chi connectivity index (χ4n) is 1.47. The van der Waals surface area contributed by atoms with Gasteiger partial charge in [0, 0.05) is 25.8 Å². The SMILES string of the molecule is CCCCNC(=S)NCCCn1ccc(C)n1. The minimum absolute atomic E-state index is 0.759. The zero-order valence-electron chi connectivity index (χ0n) is 10.7. The monoisotopic (exact) mass is 254 g/mol. The molecule has 0 saturated carbocycles. The number of thiocarbonyl (C=S) groups is 1. The van der Waals surface area contributed by atoms with E-state index in [0.717, 1.165) is 43.3 Å². The summed E-state index contributed by atoms with van der Waals surface area (Å²) < 4.78 is 1.96. The Labute approximate surface area is 109 Å². The van der Waals surface area contributed by atoms with E-state index in [1.165, 1.54) is 6.42 Å². The highest BCUT2D eigenvalue weighted by Gasteiger charge is 1.96. The van der Waals surface area contributed by atoms with E-state index in [0.29, 0.717) is 0 Å². The molecule has 5 heteroatoms. The summed E-state index contributed by atoms with van der Waals surface area (Å²) in [6.07, 6.45) is 5.38. The van der Waals surface area contributed by atoms with E-state index in [9.17, 15) is 0 Å². The van der Waals surface area contributed by atoms with Gasteiger partial charge in [-0.05, 0) is 38.0 Å². The van der Waals surface area contributed by atoms with Crippen LogP contribution in [0.4, 0.5) is 0 Å². The molecule has 0 bridgehead atoms. The molecule has 17 heavy (non-hydrogen) atoms. The van der Waals surface area contributed by atoms with E-state index in [1.54, 1.807) is 0 Å². The first-order valence-corrected chi connectivity index (χ1v) is 6.65. The molecule has 0 fully saturated rings. The fourth-order valence-corrected chi connectivity index (χ4v) is 1.68. The van der Waals surface area contributed by atoms with Gasteiger partial charge in [0.15, 0.2) is 5.11 Å². The van der Waals surface area contributed by atoms with Crippen LogP contribution in [0.5, 0.6) is 0 Å². The Balaban J connectivity index is 2.02. The van der Waals surface area contributed by atoms with Crippen LogP contribution in [0, 0.1) is 6.92 Å². The van der Waals surface area contributed by atoms with E-state index >= 15 is 0 Å². The summed E-state index contributed by atoms with van der Waals surface area (Å²) in [6.45, 7) is 6.95. The second-order valence-electron chi connectivity index (χ2n) is 4.11. The Hall–Kier alpha value is -1.10. The minimum atomic E-state index is 0.759. The molecule has 4 nitrogen and oxygen atoms in total. The lowest BCUT2D eigenvalue weighted by molar-refractivity contribution is 0.568. The van der Waals surface area contributed by atoms with Gasteiger partial charge in [-0.25, -0.2) is 0 Å². The highest BCUT2D eigenvalue weighted by molar-refractivity contribution is 7.80. The molecule has 0 saturated heterocycles. The van der Waals surface area contributed by atoms with Gasteiger partial charge in [-0.1, -0.05) is 13.3 Å². The Morgan fingerprint density at radius 2 is 2.06 bits per heavy atom. The van der Waals surface area contributed by atoms with Gasteiger partial charge in [0.2, 0.25) is 0 Å². The Morgan fingerprint density at radius 1 is 1.35 bits per heavy atom. The second-order valence-corrected chi connectivity index (χ2v) is 4.52. The fraction of sp³-hybridized carbons (Fsp3) is 0.667. The number of hydrogen-bond donors (Lipinski definition) is 2. The smallest absolute Gasteiger partial charge is 0.166 e. The number of nitrogens with zero attached hydrogens (tertiary/aromatic N) is 2.